The Morgan fingerprint density at radius 1 is 0.723 bits per heavy atom. The maximum Gasteiger partial charge on any atom is 0.323 e. The molecule has 2 heterocycles. The minimum atomic E-state index is -3.20. The standard InChI is InChI=1S/C20H27F2N7O3.C15H15F2N3O3.C5H14N4O/c1-14-11-26-17(27-13-20(21,22)15-7-5-4-6-8-15)18(31)29(14)12-16(30)25-9-10-32-28-19(23-2)24-3;1-10-7-18-13(14(23)20(10)8-12(21)22)19-9-15(16,17)11-5-3-2-4-6-11;1-7-5(8-2)9-10-4-3-6/h4-8,11H,9-10,12-13H2,1-3H3,(H,25,30)(H,26,27)(H2,23,24,28);2-7H,8-9H2,1H3,(H,18,19)(H,21,22);3-4,6H2,1-2H3,(H2,7,8,9). The lowest BCUT2D eigenvalue weighted by Crippen LogP contribution is -2.39. The van der Waals surface area contributed by atoms with Gasteiger partial charge in [0.1, 0.15) is 13.1 Å². The van der Waals surface area contributed by atoms with Gasteiger partial charge in [0.05, 0.1) is 26.3 Å². The van der Waals surface area contributed by atoms with Crippen molar-refractivity contribution in [3.05, 3.63) is 116 Å². The zero-order chi connectivity index (χ0) is 48.4. The molecule has 356 valence electrons. The molecule has 0 aliphatic heterocycles. The molecule has 1 amide bonds. The summed E-state index contributed by atoms with van der Waals surface area (Å²) < 4.78 is 59.0. The number of aliphatic carboxylic acids is 1. The van der Waals surface area contributed by atoms with E-state index in [0.29, 0.717) is 36.5 Å². The molecule has 0 radical (unpaired) electrons. The number of halogens is 4. The SMILES string of the molecule is CN=C(NC)NOCCN.CN=C(NC)NOCCNC(=O)Cn1c(C)cnc(NCC(F)(F)c2ccccc2)c1=O.Cc1cnc(NCC(F)(F)c2ccccc2)c(=O)n1CC(=O)O. The molecule has 4 rings (SSSR count). The Labute approximate surface area is 371 Å². The van der Waals surface area contributed by atoms with E-state index in [0.717, 1.165) is 9.13 Å². The molecule has 2 aromatic carbocycles. The highest BCUT2D eigenvalue weighted by Crippen LogP contribution is 2.28. The summed E-state index contributed by atoms with van der Waals surface area (Å²) in [5.41, 5.74) is 9.27. The monoisotopic (exact) mass is 920 g/mol. The number of rotatable bonds is 19. The molecule has 0 aliphatic rings. The molecule has 0 aliphatic carbocycles. The first-order valence-electron chi connectivity index (χ1n) is 19.6. The van der Waals surface area contributed by atoms with Gasteiger partial charge in [-0.25, -0.2) is 20.9 Å². The predicted octanol–water partition coefficient (Wildman–Crippen LogP) is 1.11. The number of hydrogen-bond acceptors (Lipinski definition) is 13. The number of carboxylic acid groups (broad SMARTS) is 1. The second-order valence-corrected chi connectivity index (χ2v) is 13.2. The van der Waals surface area contributed by atoms with Crippen molar-refractivity contribution in [1.29, 1.82) is 0 Å². The Morgan fingerprint density at radius 3 is 1.52 bits per heavy atom. The minimum absolute atomic E-state index is 0.151. The number of anilines is 2. The lowest BCUT2D eigenvalue weighted by molar-refractivity contribution is -0.137. The highest BCUT2D eigenvalue weighted by Gasteiger charge is 2.32. The van der Waals surface area contributed by atoms with Crippen LogP contribution in [0.5, 0.6) is 0 Å². The van der Waals surface area contributed by atoms with E-state index in [-0.39, 0.29) is 42.5 Å². The van der Waals surface area contributed by atoms with E-state index in [4.69, 9.17) is 20.5 Å². The van der Waals surface area contributed by atoms with E-state index in [1.54, 1.807) is 47.2 Å². The average Bonchev–Trinajstić information content (AvgIpc) is 3.29. The smallest absolute Gasteiger partial charge is 0.323 e. The third-order valence-corrected chi connectivity index (χ3v) is 8.46. The molecule has 0 atom stereocenters. The Morgan fingerprint density at radius 2 is 1.14 bits per heavy atom. The van der Waals surface area contributed by atoms with Gasteiger partial charge in [-0.15, -0.1) is 0 Å². The molecular weight excluding hydrogens is 865 g/mol. The fraction of sp³-hybridized carbons (Fsp3) is 0.400. The van der Waals surface area contributed by atoms with Gasteiger partial charge >= 0.3 is 5.97 Å². The summed E-state index contributed by atoms with van der Waals surface area (Å²) in [6, 6.07) is 14.5. The Bertz CT molecular complexity index is 2270. The Hall–Kier alpha value is -7.12. The van der Waals surface area contributed by atoms with Gasteiger partial charge in [0, 0.05) is 76.2 Å². The first kappa shape index (κ1) is 54.0. The predicted molar refractivity (Wildman–Crippen MR) is 237 cm³/mol. The summed E-state index contributed by atoms with van der Waals surface area (Å²) in [5.74, 6) is -7.60. The number of alkyl halides is 4. The Kier molecular flexibility index (Phi) is 23.1. The van der Waals surface area contributed by atoms with Crippen molar-refractivity contribution in [3.8, 4) is 0 Å². The summed E-state index contributed by atoms with van der Waals surface area (Å²) in [4.78, 5) is 73.1. The van der Waals surface area contributed by atoms with Crippen molar-refractivity contribution in [2.45, 2.75) is 38.8 Å². The van der Waals surface area contributed by atoms with Gasteiger partial charge in [0.2, 0.25) is 17.8 Å². The van der Waals surface area contributed by atoms with Crippen molar-refractivity contribution in [3.63, 3.8) is 0 Å². The molecule has 2 aromatic heterocycles. The van der Waals surface area contributed by atoms with Gasteiger partial charge in [0.15, 0.2) is 11.6 Å². The zero-order valence-electron chi connectivity index (χ0n) is 36.8. The summed E-state index contributed by atoms with van der Waals surface area (Å²) in [7, 11) is 6.65. The lowest BCUT2D eigenvalue weighted by atomic mass is 10.1. The van der Waals surface area contributed by atoms with Crippen LogP contribution >= 0.6 is 0 Å². The largest absolute Gasteiger partial charge is 0.480 e. The number of hydroxylamine groups is 2. The van der Waals surface area contributed by atoms with Crippen LogP contribution in [0, 0.1) is 13.8 Å². The van der Waals surface area contributed by atoms with E-state index in [2.05, 4.69) is 57.5 Å². The molecule has 0 bridgehead atoms. The second-order valence-electron chi connectivity index (χ2n) is 13.2. The fourth-order valence-corrected chi connectivity index (χ4v) is 5.03. The number of aryl methyl sites for hydroxylation is 2. The normalized spacial score (nSPS) is 11.5. The number of nitrogens with two attached hydrogens (primary N) is 1. The van der Waals surface area contributed by atoms with Crippen molar-refractivity contribution >= 4 is 35.4 Å². The number of aromatic nitrogens is 4. The number of carbonyl (C=O) groups excluding carboxylic acids is 1. The van der Waals surface area contributed by atoms with Gasteiger partial charge < -0.3 is 37.4 Å². The van der Waals surface area contributed by atoms with Crippen LogP contribution in [0.4, 0.5) is 29.2 Å². The summed E-state index contributed by atoms with van der Waals surface area (Å²) in [6.07, 6.45) is 2.60. The molecule has 0 fully saturated rings. The number of benzene rings is 2. The number of hydrogen-bond donors (Lipinski definition) is 9. The maximum absolute atomic E-state index is 14.4. The highest BCUT2D eigenvalue weighted by atomic mass is 19.3. The fourth-order valence-electron chi connectivity index (χ4n) is 5.03. The van der Waals surface area contributed by atoms with E-state index in [9.17, 15) is 36.7 Å². The van der Waals surface area contributed by atoms with Crippen LogP contribution in [0.2, 0.25) is 0 Å². The van der Waals surface area contributed by atoms with E-state index >= 15 is 0 Å². The van der Waals surface area contributed by atoms with Crippen LogP contribution in [0.15, 0.2) is 92.6 Å². The summed E-state index contributed by atoms with van der Waals surface area (Å²) >= 11 is 0. The van der Waals surface area contributed by atoms with Crippen molar-refractivity contribution in [2.24, 2.45) is 15.7 Å². The molecule has 4 aromatic rings. The first-order chi connectivity index (χ1) is 30.9. The molecule has 10 N–H and O–H groups in total. The van der Waals surface area contributed by atoms with Gasteiger partial charge in [-0.1, -0.05) is 60.7 Å². The maximum atomic E-state index is 14.4. The van der Waals surface area contributed by atoms with Crippen LogP contribution in [0.3, 0.4) is 0 Å². The number of aliphatic imine (C=N–C) groups is 2. The van der Waals surface area contributed by atoms with Crippen LogP contribution < -0.4 is 54.4 Å². The molecule has 65 heavy (non-hydrogen) atoms. The molecular formula is C40H56F4N14O7. The van der Waals surface area contributed by atoms with E-state index < -0.39 is 54.5 Å². The van der Waals surface area contributed by atoms with Crippen LogP contribution in [0.25, 0.3) is 0 Å². The van der Waals surface area contributed by atoms with Gasteiger partial charge in [-0.2, -0.15) is 17.6 Å². The molecule has 0 saturated carbocycles. The first-order valence-corrected chi connectivity index (χ1v) is 19.6. The number of carbonyl (C=O) groups is 2. The third kappa shape index (κ3) is 18.6. The van der Waals surface area contributed by atoms with Crippen LogP contribution in [0.1, 0.15) is 22.5 Å². The summed E-state index contributed by atoms with van der Waals surface area (Å²) in [6.45, 7) is 1.93. The molecule has 0 unspecified atom stereocenters. The quantitative estimate of drug-likeness (QED) is 0.0210. The Balaban J connectivity index is 0.000000382. The van der Waals surface area contributed by atoms with E-state index in [1.807, 2.05) is 0 Å². The van der Waals surface area contributed by atoms with Gasteiger partial charge in [0.25, 0.3) is 23.0 Å². The van der Waals surface area contributed by atoms with Gasteiger partial charge in [-0.05, 0) is 13.8 Å². The number of nitrogens with one attached hydrogen (secondary N) is 7. The van der Waals surface area contributed by atoms with Crippen molar-refractivity contribution in [2.75, 3.05) is 78.2 Å². The highest BCUT2D eigenvalue weighted by molar-refractivity contribution is 5.78. The van der Waals surface area contributed by atoms with E-state index in [1.165, 1.54) is 67.8 Å². The topological polar surface area (TPSA) is 278 Å². The number of carboxylic acids is 1. The molecule has 0 saturated heterocycles. The number of nitrogens with zero attached hydrogens (tertiary/aromatic N) is 6. The second kappa shape index (κ2) is 27.8. The van der Waals surface area contributed by atoms with Gasteiger partial charge in [-0.3, -0.25) is 48.0 Å². The van der Waals surface area contributed by atoms with Crippen molar-refractivity contribution < 1.29 is 41.9 Å². The number of amides is 1. The van der Waals surface area contributed by atoms with Crippen LogP contribution in [-0.4, -0.2) is 116 Å². The van der Waals surface area contributed by atoms with Crippen LogP contribution in [-0.2, 0) is 44.2 Å². The van der Waals surface area contributed by atoms with Crippen molar-refractivity contribution in [1.82, 2.24) is 46.0 Å². The summed E-state index contributed by atoms with van der Waals surface area (Å²) in [5, 5.41) is 21.7. The molecule has 21 nitrogen and oxygen atoms in total. The zero-order valence-corrected chi connectivity index (χ0v) is 36.8. The molecule has 0 spiro atoms. The third-order valence-electron chi connectivity index (χ3n) is 8.46. The number of guanidine groups is 2. The average molecular weight is 921 g/mol. The minimum Gasteiger partial charge on any atom is -0.480 e. The lowest BCUT2D eigenvalue weighted by Gasteiger charge is -2.18. The molecule has 25 heteroatoms.